The number of aliphatic hydroxyl groups is 1. The number of carboxylic acids is 3. The second-order valence-electron chi connectivity index (χ2n) is 14.6. The summed E-state index contributed by atoms with van der Waals surface area (Å²) in [7, 11) is 0. The van der Waals surface area contributed by atoms with Crippen molar-refractivity contribution in [3.63, 3.8) is 0 Å². The van der Waals surface area contributed by atoms with Gasteiger partial charge >= 0.3 is 23.9 Å². The lowest BCUT2D eigenvalue weighted by atomic mass is 9.59. The molecule has 9 heteroatoms. The van der Waals surface area contributed by atoms with Gasteiger partial charge < -0.3 is 25.2 Å². The molecule has 48 heavy (non-hydrogen) atoms. The number of carbonyl (C=O) groups is 4. The standard InChI is InChI=1S/C22H32O6.C17H26O3/c1-2-3-4-5-6-7-8-9-10-11-12-15-28-22(27)18-14-13-17(20(23)24)16-19(18)21(25)26;1-15(2,3)13(12-10-8-7-9-11-12)17(20,14(18)19)16(4,5)6/h13-14,16H,2-12,15H2,1H3,(H,23,24)(H,25,26);7-11,13,20H,1-6H3,(H,18,19). The monoisotopic (exact) mass is 670 g/mol. The Labute approximate surface area is 286 Å². The van der Waals surface area contributed by atoms with Crippen LogP contribution in [-0.4, -0.2) is 56.5 Å². The predicted octanol–water partition coefficient (Wildman–Crippen LogP) is 9.23. The van der Waals surface area contributed by atoms with Crippen LogP contribution in [0.4, 0.5) is 0 Å². The summed E-state index contributed by atoms with van der Waals surface area (Å²) in [5, 5.41) is 38.9. The van der Waals surface area contributed by atoms with E-state index >= 15 is 0 Å². The summed E-state index contributed by atoms with van der Waals surface area (Å²) >= 11 is 0. The van der Waals surface area contributed by atoms with Gasteiger partial charge in [-0.2, -0.15) is 0 Å². The molecule has 0 amide bonds. The number of unbranched alkanes of at least 4 members (excludes halogenated alkanes) is 10. The van der Waals surface area contributed by atoms with Crippen LogP contribution >= 0.6 is 0 Å². The van der Waals surface area contributed by atoms with Gasteiger partial charge in [0.05, 0.1) is 23.3 Å². The normalized spacial score (nSPS) is 13.4. The molecule has 4 N–H and O–H groups in total. The molecule has 0 saturated heterocycles. The zero-order valence-electron chi connectivity index (χ0n) is 30.0. The van der Waals surface area contributed by atoms with Crippen LogP contribution in [0.2, 0.25) is 0 Å². The molecule has 2 atom stereocenters. The first kappa shape index (κ1) is 42.3. The van der Waals surface area contributed by atoms with E-state index in [-0.39, 0.29) is 28.7 Å². The number of hydrogen-bond acceptors (Lipinski definition) is 6. The van der Waals surface area contributed by atoms with E-state index in [1.54, 1.807) is 20.8 Å². The maximum atomic E-state index is 12.1. The van der Waals surface area contributed by atoms with Crippen LogP contribution in [0, 0.1) is 10.8 Å². The summed E-state index contributed by atoms with van der Waals surface area (Å²) in [4.78, 5) is 46.2. The Hall–Kier alpha value is -3.72. The fourth-order valence-corrected chi connectivity index (χ4v) is 5.93. The minimum atomic E-state index is -1.84. The van der Waals surface area contributed by atoms with Crippen LogP contribution in [0.3, 0.4) is 0 Å². The Morgan fingerprint density at radius 2 is 1.17 bits per heavy atom. The molecule has 2 unspecified atom stereocenters. The van der Waals surface area contributed by atoms with Crippen molar-refractivity contribution in [2.75, 3.05) is 6.61 Å². The first-order valence-corrected chi connectivity index (χ1v) is 17.2. The zero-order valence-corrected chi connectivity index (χ0v) is 30.0. The lowest BCUT2D eigenvalue weighted by molar-refractivity contribution is -0.181. The molecule has 2 aromatic carbocycles. The fraction of sp³-hybridized carbons (Fsp3) is 0.590. The van der Waals surface area contributed by atoms with E-state index < -0.39 is 40.8 Å². The molecular weight excluding hydrogens is 612 g/mol. The average molecular weight is 671 g/mol. The lowest BCUT2D eigenvalue weighted by Crippen LogP contribution is -2.57. The summed E-state index contributed by atoms with van der Waals surface area (Å²) < 4.78 is 5.15. The van der Waals surface area contributed by atoms with Crippen molar-refractivity contribution in [1.82, 2.24) is 0 Å². The van der Waals surface area contributed by atoms with Crippen LogP contribution in [0.5, 0.6) is 0 Å². The van der Waals surface area contributed by atoms with Gasteiger partial charge in [0, 0.05) is 11.3 Å². The molecule has 268 valence electrons. The molecule has 0 aliphatic heterocycles. The fourth-order valence-electron chi connectivity index (χ4n) is 5.93. The predicted molar refractivity (Wildman–Crippen MR) is 188 cm³/mol. The van der Waals surface area contributed by atoms with Crippen molar-refractivity contribution in [3.8, 4) is 0 Å². The molecule has 0 aliphatic rings. The number of esters is 1. The Bertz CT molecular complexity index is 1300. The van der Waals surface area contributed by atoms with E-state index in [1.165, 1.54) is 63.5 Å². The van der Waals surface area contributed by atoms with Crippen LogP contribution in [-0.2, 0) is 9.53 Å². The third-order valence-corrected chi connectivity index (χ3v) is 8.58. The number of aliphatic carboxylic acids is 1. The third-order valence-electron chi connectivity index (χ3n) is 8.58. The zero-order chi connectivity index (χ0) is 36.5. The number of rotatable bonds is 18. The van der Waals surface area contributed by atoms with Gasteiger partial charge in [0.25, 0.3) is 0 Å². The highest BCUT2D eigenvalue weighted by Crippen LogP contribution is 2.50. The highest BCUT2D eigenvalue weighted by molar-refractivity contribution is 6.04. The molecule has 0 aliphatic carbocycles. The van der Waals surface area contributed by atoms with E-state index in [0.717, 1.165) is 30.9 Å². The van der Waals surface area contributed by atoms with Crippen molar-refractivity contribution in [3.05, 3.63) is 70.8 Å². The summed E-state index contributed by atoms with van der Waals surface area (Å²) in [5.41, 5.74) is -2.83. The van der Waals surface area contributed by atoms with Gasteiger partial charge in [0.2, 0.25) is 0 Å². The summed E-state index contributed by atoms with van der Waals surface area (Å²) in [6.45, 7) is 13.6. The Balaban J connectivity index is 0.000000507. The molecule has 2 aromatic rings. The van der Waals surface area contributed by atoms with Crippen molar-refractivity contribution in [1.29, 1.82) is 0 Å². The smallest absolute Gasteiger partial charge is 0.339 e. The van der Waals surface area contributed by atoms with Crippen LogP contribution in [0.1, 0.15) is 162 Å². The van der Waals surface area contributed by atoms with Gasteiger partial charge in [-0.3, -0.25) is 0 Å². The quantitative estimate of drug-likeness (QED) is 0.0896. The Morgan fingerprint density at radius 1 is 0.667 bits per heavy atom. The molecular formula is C39H58O9. The molecule has 9 nitrogen and oxygen atoms in total. The average Bonchev–Trinajstić information content (AvgIpc) is 3.00. The van der Waals surface area contributed by atoms with Crippen molar-refractivity contribution < 1.29 is 44.3 Å². The highest BCUT2D eigenvalue weighted by Gasteiger charge is 2.57. The maximum Gasteiger partial charge on any atom is 0.339 e. The van der Waals surface area contributed by atoms with Gasteiger partial charge in [-0.1, -0.05) is 143 Å². The molecule has 0 fully saturated rings. The number of carbonyl (C=O) groups excluding carboxylic acids is 1. The number of aromatic carboxylic acids is 2. The summed E-state index contributed by atoms with van der Waals surface area (Å²) in [5.74, 6) is -5.02. The lowest BCUT2D eigenvalue weighted by Gasteiger charge is -2.48. The van der Waals surface area contributed by atoms with E-state index in [2.05, 4.69) is 6.92 Å². The SMILES string of the molecule is CC(C)(C)C(c1ccccc1)C(O)(C(=O)O)C(C)(C)C.CCCCCCCCCCCCCOC(=O)c1ccc(C(=O)O)cc1C(=O)O. The van der Waals surface area contributed by atoms with E-state index in [1.807, 2.05) is 51.1 Å². The molecule has 0 heterocycles. The highest BCUT2D eigenvalue weighted by atomic mass is 16.5. The molecule has 0 saturated carbocycles. The Kier molecular flexibility index (Phi) is 17.6. The second-order valence-corrected chi connectivity index (χ2v) is 14.6. The van der Waals surface area contributed by atoms with E-state index in [4.69, 9.17) is 9.84 Å². The largest absolute Gasteiger partial charge is 0.479 e. The van der Waals surface area contributed by atoms with E-state index in [0.29, 0.717) is 0 Å². The number of ether oxygens (including phenoxy) is 1. The van der Waals surface area contributed by atoms with Gasteiger partial charge in [-0.15, -0.1) is 0 Å². The molecule has 2 rings (SSSR count). The van der Waals surface area contributed by atoms with Gasteiger partial charge in [0.1, 0.15) is 0 Å². The number of benzene rings is 2. The topological polar surface area (TPSA) is 158 Å². The number of hydrogen-bond donors (Lipinski definition) is 4. The molecule has 0 bridgehead atoms. The molecule has 0 spiro atoms. The van der Waals surface area contributed by atoms with Gasteiger partial charge in [0.15, 0.2) is 5.60 Å². The van der Waals surface area contributed by atoms with Crippen LogP contribution in [0.15, 0.2) is 48.5 Å². The van der Waals surface area contributed by atoms with Gasteiger partial charge in [-0.05, 0) is 35.6 Å². The van der Waals surface area contributed by atoms with Gasteiger partial charge in [-0.25, -0.2) is 19.2 Å². The van der Waals surface area contributed by atoms with Crippen molar-refractivity contribution >= 4 is 23.9 Å². The minimum Gasteiger partial charge on any atom is -0.479 e. The summed E-state index contributed by atoms with van der Waals surface area (Å²) in [6.07, 6.45) is 13.1. The minimum absolute atomic E-state index is 0.124. The van der Waals surface area contributed by atoms with Crippen molar-refractivity contribution in [2.24, 2.45) is 10.8 Å². The van der Waals surface area contributed by atoms with Crippen molar-refractivity contribution in [2.45, 2.75) is 131 Å². The third kappa shape index (κ3) is 13.1. The summed E-state index contributed by atoms with van der Waals surface area (Å²) in [6, 6.07) is 12.8. The van der Waals surface area contributed by atoms with Crippen LogP contribution < -0.4 is 0 Å². The maximum absolute atomic E-state index is 12.1. The molecule has 0 aromatic heterocycles. The van der Waals surface area contributed by atoms with Crippen LogP contribution in [0.25, 0.3) is 0 Å². The molecule has 0 radical (unpaired) electrons. The second kappa shape index (κ2) is 19.9. The Morgan fingerprint density at radius 3 is 1.58 bits per heavy atom. The first-order valence-electron chi connectivity index (χ1n) is 17.2. The first-order chi connectivity index (χ1) is 22.4. The van der Waals surface area contributed by atoms with E-state index in [9.17, 15) is 34.5 Å². The number of carboxylic acid groups (broad SMARTS) is 3.